The number of amides is 3. The monoisotopic (exact) mass is 421 g/mol. The molecule has 0 spiro atoms. The molecule has 1 aliphatic rings. The van der Waals surface area contributed by atoms with Gasteiger partial charge in [-0.15, -0.1) is 0 Å². The number of carbonyl (C=O) groups is 2. The maximum atomic E-state index is 12.8. The van der Waals surface area contributed by atoms with Gasteiger partial charge in [0.2, 0.25) is 5.95 Å². The Labute approximate surface area is 181 Å². The van der Waals surface area contributed by atoms with E-state index >= 15 is 0 Å². The van der Waals surface area contributed by atoms with Gasteiger partial charge in [0.1, 0.15) is 0 Å². The zero-order valence-corrected chi connectivity index (χ0v) is 17.6. The number of fused-ring (bicyclic) bond motifs is 1. The number of hydrogen-bond acceptors (Lipinski definition) is 4. The van der Waals surface area contributed by atoms with Crippen LogP contribution in [0.15, 0.2) is 48.5 Å². The lowest BCUT2D eigenvalue weighted by molar-refractivity contribution is 0.102. The molecule has 1 aliphatic carbocycles. The van der Waals surface area contributed by atoms with Crippen molar-refractivity contribution in [2.24, 2.45) is 0 Å². The molecule has 0 aliphatic heterocycles. The lowest BCUT2D eigenvalue weighted by Crippen LogP contribution is -2.30. The molecule has 162 valence electrons. The number of carbonyl (C=O) groups excluding carboxylic acids is 2. The van der Waals surface area contributed by atoms with Crippen molar-refractivity contribution in [2.45, 2.75) is 38.8 Å². The number of para-hydroxylation sites is 2. The van der Waals surface area contributed by atoms with E-state index in [1.54, 1.807) is 24.3 Å². The summed E-state index contributed by atoms with van der Waals surface area (Å²) in [6.07, 6.45) is 2.88. The van der Waals surface area contributed by atoms with Gasteiger partial charge in [0.15, 0.2) is 0 Å². The van der Waals surface area contributed by atoms with Crippen LogP contribution < -0.4 is 16.0 Å². The van der Waals surface area contributed by atoms with Crippen molar-refractivity contribution < 1.29 is 14.3 Å². The fourth-order valence-corrected chi connectivity index (χ4v) is 3.33. The molecule has 4 rings (SSSR count). The molecule has 3 N–H and O–H groups in total. The summed E-state index contributed by atoms with van der Waals surface area (Å²) in [5.74, 6) is 0.254. The molecular weight excluding hydrogens is 394 g/mol. The van der Waals surface area contributed by atoms with Gasteiger partial charge in [0.05, 0.1) is 11.0 Å². The van der Waals surface area contributed by atoms with Crippen molar-refractivity contribution in [1.82, 2.24) is 14.9 Å². The summed E-state index contributed by atoms with van der Waals surface area (Å²) in [4.78, 5) is 29.3. The Balaban J connectivity index is 1.44. The summed E-state index contributed by atoms with van der Waals surface area (Å²) in [5.41, 5.74) is 2.92. The maximum absolute atomic E-state index is 12.8. The molecule has 2 aromatic carbocycles. The fraction of sp³-hybridized carbons (Fsp3) is 0.348. The van der Waals surface area contributed by atoms with E-state index in [0.717, 1.165) is 30.3 Å². The molecule has 3 aromatic rings. The maximum Gasteiger partial charge on any atom is 0.319 e. The van der Waals surface area contributed by atoms with E-state index < -0.39 is 0 Å². The van der Waals surface area contributed by atoms with Crippen molar-refractivity contribution in [2.75, 3.05) is 23.8 Å². The summed E-state index contributed by atoms with van der Waals surface area (Å²) in [6.45, 7) is 3.99. The number of urea groups is 1. The van der Waals surface area contributed by atoms with Crippen molar-refractivity contribution >= 4 is 34.6 Å². The Hall–Kier alpha value is -3.39. The molecule has 1 saturated carbocycles. The zero-order chi connectivity index (χ0) is 21.6. The predicted molar refractivity (Wildman–Crippen MR) is 120 cm³/mol. The lowest BCUT2D eigenvalue weighted by atomic mass is 10.2. The Bertz CT molecular complexity index is 1060. The molecule has 0 unspecified atom stereocenters. The lowest BCUT2D eigenvalue weighted by Gasteiger charge is -2.11. The topological polar surface area (TPSA) is 97.3 Å². The van der Waals surface area contributed by atoms with Gasteiger partial charge in [-0.3, -0.25) is 10.1 Å². The molecular formula is C23H27N5O3. The number of aryl methyl sites for hydroxylation is 1. The SMILES string of the molecule is CCOCCCn1c(NC(=O)c2ccc(NC(=O)NC3CC3)cc2)nc2ccccc21. The highest BCUT2D eigenvalue weighted by molar-refractivity contribution is 6.04. The number of nitrogens with zero attached hydrogens (tertiary/aromatic N) is 2. The van der Waals surface area contributed by atoms with E-state index in [-0.39, 0.29) is 18.0 Å². The van der Waals surface area contributed by atoms with Crippen LogP contribution in [0.1, 0.15) is 36.5 Å². The molecule has 31 heavy (non-hydrogen) atoms. The average Bonchev–Trinajstić information content (AvgIpc) is 3.51. The molecule has 0 atom stereocenters. The number of hydrogen-bond donors (Lipinski definition) is 3. The largest absolute Gasteiger partial charge is 0.382 e. The predicted octanol–water partition coefficient (Wildman–Crippen LogP) is 4.00. The molecule has 8 heteroatoms. The first-order chi connectivity index (χ1) is 15.1. The number of ether oxygens (including phenoxy) is 1. The van der Waals surface area contributed by atoms with Gasteiger partial charge in [0.25, 0.3) is 5.91 Å². The third-order valence-electron chi connectivity index (χ3n) is 5.07. The van der Waals surface area contributed by atoms with Gasteiger partial charge in [-0.25, -0.2) is 9.78 Å². The Morgan fingerprint density at radius 2 is 1.87 bits per heavy atom. The minimum absolute atomic E-state index is 0.222. The Morgan fingerprint density at radius 3 is 2.61 bits per heavy atom. The average molecular weight is 422 g/mol. The van der Waals surface area contributed by atoms with E-state index in [1.165, 1.54) is 0 Å². The molecule has 8 nitrogen and oxygen atoms in total. The van der Waals surface area contributed by atoms with Crippen molar-refractivity contribution in [3.63, 3.8) is 0 Å². The van der Waals surface area contributed by atoms with Gasteiger partial charge in [-0.1, -0.05) is 12.1 Å². The van der Waals surface area contributed by atoms with E-state index in [2.05, 4.69) is 20.9 Å². The standard InChI is InChI=1S/C23H27N5O3/c1-2-31-15-5-14-28-20-7-4-3-6-19(20)26-22(28)27-21(29)16-8-10-17(11-9-16)24-23(30)25-18-12-13-18/h3-4,6-11,18H,2,5,12-15H2,1H3,(H2,24,25,30)(H,26,27,29). The second-order valence-electron chi connectivity index (χ2n) is 7.53. The Kier molecular flexibility index (Phi) is 6.47. The van der Waals surface area contributed by atoms with Gasteiger partial charge < -0.3 is 19.9 Å². The summed E-state index contributed by atoms with van der Waals surface area (Å²) in [6, 6.07) is 14.7. The molecule has 1 aromatic heterocycles. The number of rotatable bonds is 9. The van der Waals surface area contributed by atoms with Crippen LogP contribution in [0.5, 0.6) is 0 Å². The molecule has 1 heterocycles. The summed E-state index contributed by atoms with van der Waals surface area (Å²) in [7, 11) is 0. The van der Waals surface area contributed by atoms with Gasteiger partial charge in [-0.2, -0.15) is 0 Å². The second-order valence-corrected chi connectivity index (χ2v) is 7.53. The van der Waals surface area contributed by atoms with Crippen LogP contribution in [0.2, 0.25) is 0 Å². The number of aromatic nitrogens is 2. The summed E-state index contributed by atoms with van der Waals surface area (Å²) < 4.78 is 7.45. The van der Waals surface area contributed by atoms with Crippen molar-refractivity contribution in [1.29, 1.82) is 0 Å². The molecule has 0 radical (unpaired) electrons. The number of nitrogens with one attached hydrogen (secondary N) is 3. The van der Waals surface area contributed by atoms with E-state index in [0.29, 0.717) is 37.0 Å². The second kappa shape index (κ2) is 9.61. The molecule has 3 amide bonds. The van der Waals surface area contributed by atoms with Crippen LogP contribution in [-0.4, -0.2) is 40.7 Å². The quantitative estimate of drug-likeness (QED) is 0.455. The Morgan fingerprint density at radius 1 is 1.10 bits per heavy atom. The highest BCUT2D eigenvalue weighted by atomic mass is 16.5. The smallest absolute Gasteiger partial charge is 0.319 e. The normalized spacial score (nSPS) is 13.2. The third kappa shape index (κ3) is 5.40. The third-order valence-corrected chi connectivity index (χ3v) is 5.07. The number of imidazole rings is 1. The highest BCUT2D eigenvalue weighted by Crippen LogP contribution is 2.21. The zero-order valence-electron chi connectivity index (χ0n) is 17.6. The van der Waals surface area contributed by atoms with Gasteiger partial charge in [0, 0.05) is 37.1 Å². The number of benzene rings is 2. The van der Waals surface area contributed by atoms with Crippen molar-refractivity contribution in [3.8, 4) is 0 Å². The minimum atomic E-state index is -0.254. The van der Waals surface area contributed by atoms with Gasteiger partial charge >= 0.3 is 6.03 Å². The molecule has 1 fully saturated rings. The summed E-state index contributed by atoms with van der Waals surface area (Å²) >= 11 is 0. The van der Waals surface area contributed by atoms with Crippen LogP contribution in [0.25, 0.3) is 11.0 Å². The van der Waals surface area contributed by atoms with Crippen LogP contribution >= 0.6 is 0 Å². The fourth-order valence-electron chi connectivity index (χ4n) is 3.33. The van der Waals surface area contributed by atoms with Gasteiger partial charge in [-0.05, 0) is 62.6 Å². The van der Waals surface area contributed by atoms with Crippen LogP contribution in [0.3, 0.4) is 0 Å². The van der Waals surface area contributed by atoms with E-state index in [1.807, 2.05) is 35.8 Å². The first-order valence-electron chi connectivity index (χ1n) is 10.7. The van der Waals surface area contributed by atoms with Crippen LogP contribution in [0, 0.1) is 0 Å². The van der Waals surface area contributed by atoms with Crippen LogP contribution in [0.4, 0.5) is 16.4 Å². The summed E-state index contributed by atoms with van der Waals surface area (Å²) in [5, 5.41) is 8.57. The first kappa shape index (κ1) is 20.9. The van der Waals surface area contributed by atoms with E-state index in [9.17, 15) is 9.59 Å². The highest BCUT2D eigenvalue weighted by Gasteiger charge is 2.23. The minimum Gasteiger partial charge on any atom is -0.382 e. The van der Waals surface area contributed by atoms with E-state index in [4.69, 9.17) is 4.74 Å². The van der Waals surface area contributed by atoms with Crippen molar-refractivity contribution in [3.05, 3.63) is 54.1 Å². The number of anilines is 2. The van der Waals surface area contributed by atoms with Crippen LogP contribution in [-0.2, 0) is 11.3 Å². The first-order valence-corrected chi connectivity index (χ1v) is 10.7. The molecule has 0 saturated heterocycles. The molecule has 0 bridgehead atoms.